The van der Waals surface area contributed by atoms with Crippen LogP contribution in [0, 0.1) is 0 Å². The summed E-state index contributed by atoms with van der Waals surface area (Å²) >= 11 is 7.04. The summed E-state index contributed by atoms with van der Waals surface area (Å²) in [6, 6.07) is 3.52. The van der Waals surface area contributed by atoms with E-state index < -0.39 is 0 Å². The Balaban J connectivity index is 1.85. The van der Waals surface area contributed by atoms with Gasteiger partial charge in [-0.2, -0.15) is 0 Å². The smallest absolute Gasteiger partial charge is 0.341 e. The van der Waals surface area contributed by atoms with Gasteiger partial charge in [-0.15, -0.1) is 11.3 Å². The van der Waals surface area contributed by atoms with Crippen molar-refractivity contribution < 1.29 is 23.7 Å². The summed E-state index contributed by atoms with van der Waals surface area (Å²) < 4.78 is 21.1. The van der Waals surface area contributed by atoms with Crippen LogP contribution in [0.3, 0.4) is 0 Å². The Morgan fingerprint density at radius 3 is 2.24 bits per heavy atom. The molecule has 3 rings (SSSR count). The highest BCUT2D eigenvalue weighted by Crippen LogP contribution is 2.41. The van der Waals surface area contributed by atoms with Crippen molar-refractivity contribution in [3.05, 3.63) is 28.1 Å². The molecule has 9 heteroatoms. The van der Waals surface area contributed by atoms with Crippen LogP contribution in [0.5, 0.6) is 17.2 Å². The second kappa shape index (κ2) is 9.32. The van der Waals surface area contributed by atoms with Gasteiger partial charge in [0, 0.05) is 22.7 Å². The van der Waals surface area contributed by atoms with Gasteiger partial charge in [-0.25, -0.2) is 4.79 Å². The molecule has 0 amide bonds. The second-order valence-electron chi connectivity index (χ2n) is 6.40. The first-order chi connectivity index (χ1) is 14.0. The number of fused-ring (bicyclic) bond motifs is 1. The lowest BCUT2D eigenvalue weighted by molar-refractivity contribution is 0.0601. The van der Waals surface area contributed by atoms with Crippen molar-refractivity contribution in [2.45, 2.75) is 25.7 Å². The number of hydrogen-bond donors (Lipinski definition) is 2. The lowest BCUT2D eigenvalue weighted by atomic mass is 9.95. The van der Waals surface area contributed by atoms with Crippen LogP contribution in [0.1, 0.15) is 33.6 Å². The zero-order chi connectivity index (χ0) is 21.0. The minimum absolute atomic E-state index is 0.345. The van der Waals surface area contributed by atoms with Gasteiger partial charge in [0.15, 0.2) is 16.6 Å². The van der Waals surface area contributed by atoms with Gasteiger partial charge in [-0.05, 0) is 43.5 Å². The number of thiophene rings is 1. The van der Waals surface area contributed by atoms with E-state index in [1.54, 1.807) is 44.8 Å². The minimum Gasteiger partial charge on any atom is -0.493 e. The SMILES string of the molecule is COC(=O)c1c(NC(=S)Nc2cc(OC)c(OC)c(OC)c2)sc2c1CCCC2. The summed E-state index contributed by atoms with van der Waals surface area (Å²) in [6.45, 7) is 0. The first kappa shape index (κ1) is 21.2. The summed E-state index contributed by atoms with van der Waals surface area (Å²) in [7, 11) is 6.05. The number of anilines is 2. The number of ether oxygens (including phenoxy) is 4. The maximum Gasteiger partial charge on any atom is 0.341 e. The number of carbonyl (C=O) groups is 1. The molecule has 0 fully saturated rings. The van der Waals surface area contributed by atoms with E-state index in [2.05, 4.69) is 10.6 Å². The number of methoxy groups -OCH3 is 4. The van der Waals surface area contributed by atoms with Crippen LogP contribution in [-0.2, 0) is 17.6 Å². The first-order valence-corrected chi connectivity index (χ1v) is 10.4. The maximum absolute atomic E-state index is 12.4. The van der Waals surface area contributed by atoms with Crippen LogP contribution in [0.25, 0.3) is 0 Å². The standard InChI is InChI=1S/C20H24N2O5S2/c1-24-13-9-11(10-14(25-2)17(13)26-3)21-20(28)22-18-16(19(23)27-4)12-7-5-6-8-15(12)29-18/h9-10H,5-8H2,1-4H3,(H2,21,22,28). The topological polar surface area (TPSA) is 78.1 Å². The van der Waals surface area contributed by atoms with Crippen molar-refractivity contribution in [1.82, 2.24) is 0 Å². The number of nitrogens with one attached hydrogen (secondary N) is 2. The molecule has 0 spiro atoms. The molecule has 0 unspecified atom stereocenters. The second-order valence-corrected chi connectivity index (χ2v) is 7.91. The fourth-order valence-corrected chi connectivity index (χ4v) is 4.96. The molecule has 0 radical (unpaired) electrons. The molecule has 1 aliphatic rings. The normalized spacial score (nSPS) is 12.6. The predicted octanol–water partition coefficient (Wildman–Crippen LogP) is 4.25. The zero-order valence-electron chi connectivity index (χ0n) is 16.8. The molecule has 1 aromatic heterocycles. The third-order valence-corrected chi connectivity index (χ3v) is 6.12. The minimum atomic E-state index is -0.345. The van der Waals surface area contributed by atoms with Crippen molar-refractivity contribution in [3.63, 3.8) is 0 Å². The molecule has 0 saturated heterocycles. The molecule has 1 aliphatic carbocycles. The summed E-state index contributed by atoms with van der Waals surface area (Å²) in [4.78, 5) is 13.6. The van der Waals surface area contributed by atoms with Gasteiger partial charge in [-0.1, -0.05) is 0 Å². The Morgan fingerprint density at radius 2 is 1.66 bits per heavy atom. The van der Waals surface area contributed by atoms with E-state index in [9.17, 15) is 4.79 Å². The maximum atomic E-state index is 12.4. The van der Waals surface area contributed by atoms with Gasteiger partial charge in [-0.3, -0.25) is 0 Å². The molecule has 1 heterocycles. The third kappa shape index (κ3) is 4.40. The summed E-state index contributed by atoms with van der Waals surface area (Å²) in [5, 5.41) is 7.33. The van der Waals surface area contributed by atoms with Crippen molar-refractivity contribution >= 4 is 45.3 Å². The number of esters is 1. The van der Waals surface area contributed by atoms with Crippen LogP contribution >= 0.6 is 23.6 Å². The van der Waals surface area contributed by atoms with Gasteiger partial charge >= 0.3 is 5.97 Å². The monoisotopic (exact) mass is 436 g/mol. The number of rotatable bonds is 6. The average molecular weight is 437 g/mol. The third-order valence-electron chi connectivity index (χ3n) is 4.71. The van der Waals surface area contributed by atoms with Crippen molar-refractivity contribution in [2.75, 3.05) is 39.1 Å². The molecule has 0 saturated carbocycles. The van der Waals surface area contributed by atoms with E-state index in [0.717, 1.165) is 31.2 Å². The molecule has 0 atom stereocenters. The average Bonchev–Trinajstić information content (AvgIpc) is 3.09. The Morgan fingerprint density at radius 1 is 1.00 bits per heavy atom. The zero-order valence-corrected chi connectivity index (χ0v) is 18.5. The molecule has 0 bridgehead atoms. The molecule has 0 aliphatic heterocycles. The largest absolute Gasteiger partial charge is 0.493 e. The number of carbonyl (C=O) groups excluding carboxylic acids is 1. The van der Waals surface area contributed by atoms with E-state index in [-0.39, 0.29) is 5.97 Å². The van der Waals surface area contributed by atoms with Crippen molar-refractivity contribution in [1.29, 1.82) is 0 Å². The van der Waals surface area contributed by atoms with E-state index >= 15 is 0 Å². The van der Waals surface area contributed by atoms with Gasteiger partial charge in [0.25, 0.3) is 0 Å². The lowest BCUT2D eigenvalue weighted by Gasteiger charge is -2.16. The summed E-state index contributed by atoms with van der Waals surface area (Å²) in [5.41, 5.74) is 2.32. The fourth-order valence-electron chi connectivity index (χ4n) is 3.39. The van der Waals surface area contributed by atoms with Crippen LogP contribution in [-0.4, -0.2) is 39.5 Å². The van der Waals surface area contributed by atoms with Crippen LogP contribution < -0.4 is 24.8 Å². The van der Waals surface area contributed by atoms with E-state index in [1.807, 2.05) is 0 Å². The number of hydrogen-bond acceptors (Lipinski definition) is 7. The number of aryl methyl sites for hydroxylation is 1. The molecule has 156 valence electrons. The Hall–Kier alpha value is -2.52. The van der Waals surface area contributed by atoms with Crippen LogP contribution in [0.2, 0.25) is 0 Å². The molecule has 2 aromatic rings. The molecular formula is C20H24N2O5S2. The van der Waals surface area contributed by atoms with Gasteiger partial charge < -0.3 is 29.6 Å². The van der Waals surface area contributed by atoms with Crippen molar-refractivity contribution in [2.24, 2.45) is 0 Å². The Bertz CT molecular complexity index is 901. The molecule has 1 aromatic carbocycles. The molecule has 7 nitrogen and oxygen atoms in total. The highest BCUT2D eigenvalue weighted by molar-refractivity contribution is 7.80. The van der Waals surface area contributed by atoms with Gasteiger partial charge in [0.05, 0.1) is 34.0 Å². The Labute approximate surface area is 179 Å². The highest BCUT2D eigenvalue weighted by Gasteiger charge is 2.26. The van der Waals surface area contributed by atoms with Crippen LogP contribution in [0.15, 0.2) is 12.1 Å². The quantitative estimate of drug-likeness (QED) is 0.514. The number of thiocarbonyl (C=S) groups is 1. The first-order valence-electron chi connectivity index (χ1n) is 9.13. The van der Waals surface area contributed by atoms with E-state index in [1.165, 1.54) is 12.0 Å². The Kier molecular flexibility index (Phi) is 6.81. The summed E-state index contributed by atoms with van der Waals surface area (Å²) in [6.07, 6.45) is 4.05. The molecular weight excluding hydrogens is 412 g/mol. The molecule has 2 N–H and O–H groups in total. The highest BCUT2D eigenvalue weighted by atomic mass is 32.1. The lowest BCUT2D eigenvalue weighted by Crippen LogP contribution is -2.20. The molecule has 29 heavy (non-hydrogen) atoms. The fraction of sp³-hybridized carbons (Fsp3) is 0.400. The van der Waals surface area contributed by atoms with E-state index in [0.29, 0.717) is 38.6 Å². The van der Waals surface area contributed by atoms with Gasteiger partial charge in [0.1, 0.15) is 5.00 Å². The van der Waals surface area contributed by atoms with Crippen LogP contribution in [0.4, 0.5) is 10.7 Å². The van der Waals surface area contributed by atoms with Gasteiger partial charge in [0.2, 0.25) is 5.75 Å². The van der Waals surface area contributed by atoms with Crippen molar-refractivity contribution in [3.8, 4) is 17.2 Å². The van der Waals surface area contributed by atoms with E-state index in [4.69, 9.17) is 31.2 Å². The predicted molar refractivity (Wildman–Crippen MR) is 118 cm³/mol. The summed E-state index contributed by atoms with van der Waals surface area (Å²) in [5.74, 6) is 1.18. The number of benzene rings is 1.